The van der Waals surface area contributed by atoms with Crippen LogP contribution in [0.5, 0.6) is 0 Å². The first-order valence-corrected chi connectivity index (χ1v) is 14.3. The zero-order valence-corrected chi connectivity index (χ0v) is 23.2. The first kappa shape index (κ1) is 24.9. The maximum atomic E-state index is 6.43. The highest BCUT2D eigenvalue weighted by Gasteiger charge is 2.18. The molecule has 2 heterocycles. The van der Waals surface area contributed by atoms with Gasteiger partial charge in [-0.05, 0) is 40.5 Å². The summed E-state index contributed by atoms with van der Waals surface area (Å²) in [5, 5.41) is 2.02. The molecule has 0 atom stereocenters. The summed E-state index contributed by atoms with van der Waals surface area (Å²) in [6.45, 7) is 0. The molecule has 0 fully saturated rings. The summed E-state index contributed by atoms with van der Waals surface area (Å²) in [6.07, 6.45) is 0. The predicted octanol–water partition coefficient (Wildman–Crippen LogP) is 10.1. The molecule has 0 bridgehead atoms. The maximum Gasteiger partial charge on any atom is 0.164 e. The minimum absolute atomic E-state index is 0.613. The van der Waals surface area contributed by atoms with Crippen molar-refractivity contribution in [2.75, 3.05) is 0 Å². The second-order valence-corrected chi connectivity index (χ2v) is 10.5. The van der Waals surface area contributed by atoms with E-state index in [2.05, 4.69) is 72.8 Å². The van der Waals surface area contributed by atoms with Gasteiger partial charge in [-0.2, -0.15) is 0 Å². The standard InChI is InChI=1S/C39H25N3O/c1-4-11-26(12-5-1)27-19-21-28(22-20-27)31-23-24-32-35(25-31)43-34-18-10-17-33(36(32)34)39-41-37(29-13-6-2-7-14-29)40-38(42-39)30-15-8-3-9-16-30/h1-25H. The van der Waals surface area contributed by atoms with Crippen molar-refractivity contribution >= 4 is 21.9 Å². The minimum Gasteiger partial charge on any atom is -0.456 e. The van der Waals surface area contributed by atoms with Crippen LogP contribution in [0.3, 0.4) is 0 Å². The fourth-order valence-electron chi connectivity index (χ4n) is 5.61. The third-order valence-electron chi connectivity index (χ3n) is 7.76. The zero-order valence-electron chi connectivity index (χ0n) is 23.2. The summed E-state index contributed by atoms with van der Waals surface area (Å²) in [5.41, 5.74) is 9.06. The summed E-state index contributed by atoms with van der Waals surface area (Å²) in [7, 11) is 0. The molecule has 0 saturated carbocycles. The summed E-state index contributed by atoms with van der Waals surface area (Å²) < 4.78 is 6.43. The van der Waals surface area contributed by atoms with E-state index in [0.717, 1.165) is 49.8 Å². The smallest absolute Gasteiger partial charge is 0.164 e. The Balaban J connectivity index is 1.25. The van der Waals surface area contributed by atoms with Crippen LogP contribution in [0.2, 0.25) is 0 Å². The van der Waals surface area contributed by atoms with E-state index in [1.807, 2.05) is 78.9 Å². The number of rotatable bonds is 5. The van der Waals surface area contributed by atoms with Crippen molar-refractivity contribution in [2.24, 2.45) is 0 Å². The van der Waals surface area contributed by atoms with Crippen molar-refractivity contribution in [3.63, 3.8) is 0 Å². The van der Waals surface area contributed by atoms with Crippen LogP contribution in [0, 0.1) is 0 Å². The SMILES string of the molecule is c1ccc(-c2ccc(-c3ccc4c(c3)oc3cccc(-c5nc(-c6ccccc6)nc(-c6ccccc6)n5)c34)cc2)cc1. The average Bonchev–Trinajstić information content (AvgIpc) is 3.47. The zero-order chi connectivity index (χ0) is 28.6. The summed E-state index contributed by atoms with van der Waals surface area (Å²) in [5.74, 6) is 1.88. The van der Waals surface area contributed by atoms with Gasteiger partial charge in [0.2, 0.25) is 0 Å². The van der Waals surface area contributed by atoms with E-state index in [9.17, 15) is 0 Å². The second kappa shape index (κ2) is 10.5. The molecule has 0 aliphatic carbocycles. The number of aromatic nitrogens is 3. The largest absolute Gasteiger partial charge is 0.456 e. The number of fused-ring (bicyclic) bond motifs is 3. The van der Waals surface area contributed by atoms with Crippen molar-refractivity contribution < 1.29 is 4.42 Å². The highest BCUT2D eigenvalue weighted by molar-refractivity contribution is 6.12. The Labute approximate surface area is 249 Å². The molecule has 4 heteroatoms. The van der Waals surface area contributed by atoms with E-state index in [1.54, 1.807) is 0 Å². The van der Waals surface area contributed by atoms with Crippen LogP contribution in [-0.2, 0) is 0 Å². The molecule has 8 aromatic rings. The molecule has 202 valence electrons. The van der Waals surface area contributed by atoms with E-state index in [0.29, 0.717) is 17.5 Å². The first-order chi connectivity index (χ1) is 21.3. The van der Waals surface area contributed by atoms with Crippen molar-refractivity contribution in [3.05, 3.63) is 152 Å². The number of hydrogen-bond acceptors (Lipinski definition) is 4. The van der Waals surface area contributed by atoms with E-state index < -0.39 is 0 Å². The molecule has 0 saturated heterocycles. The van der Waals surface area contributed by atoms with Crippen molar-refractivity contribution in [1.29, 1.82) is 0 Å². The van der Waals surface area contributed by atoms with Crippen molar-refractivity contribution in [3.8, 4) is 56.4 Å². The molecule has 0 N–H and O–H groups in total. The lowest BCUT2D eigenvalue weighted by Crippen LogP contribution is -2.00. The number of benzene rings is 6. The van der Waals surface area contributed by atoms with E-state index in [-0.39, 0.29) is 0 Å². The second-order valence-electron chi connectivity index (χ2n) is 10.5. The monoisotopic (exact) mass is 551 g/mol. The quantitative estimate of drug-likeness (QED) is 0.214. The van der Waals surface area contributed by atoms with Gasteiger partial charge in [-0.1, -0.05) is 133 Å². The van der Waals surface area contributed by atoms with Crippen molar-refractivity contribution in [1.82, 2.24) is 15.0 Å². The summed E-state index contributed by atoms with van der Waals surface area (Å²) in [4.78, 5) is 14.8. The van der Waals surface area contributed by atoms with Gasteiger partial charge in [0.15, 0.2) is 17.5 Å². The van der Waals surface area contributed by atoms with Gasteiger partial charge in [-0.25, -0.2) is 15.0 Å². The molecule has 4 nitrogen and oxygen atoms in total. The number of nitrogens with zero attached hydrogens (tertiary/aromatic N) is 3. The predicted molar refractivity (Wildman–Crippen MR) is 174 cm³/mol. The molecule has 0 spiro atoms. The molecular formula is C39H25N3O. The molecule has 43 heavy (non-hydrogen) atoms. The van der Waals surface area contributed by atoms with Crippen LogP contribution >= 0.6 is 0 Å². The Kier molecular flexibility index (Phi) is 6.08. The van der Waals surface area contributed by atoms with E-state index >= 15 is 0 Å². The average molecular weight is 552 g/mol. The third-order valence-corrected chi connectivity index (χ3v) is 7.76. The Morgan fingerprint density at radius 2 is 0.837 bits per heavy atom. The fraction of sp³-hybridized carbons (Fsp3) is 0. The molecule has 2 aromatic heterocycles. The lowest BCUT2D eigenvalue weighted by atomic mass is 9.99. The van der Waals surface area contributed by atoms with Crippen LogP contribution in [0.25, 0.3) is 78.4 Å². The Morgan fingerprint density at radius 1 is 0.349 bits per heavy atom. The topological polar surface area (TPSA) is 51.8 Å². The fourth-order valence-corrected chi connectivity index (χ4v) is 5.61. The van der Waals surface area contributed by atoms with Crippen LogP contribution in [0.15, 0.2) is 156 Å². The maximum absolute atomic E-state index is 6.43. The lowest BCUT2D eigenvalue weighted by Gasteiger charge is -2.09. The Bertz CT molecular complexity index is 2150. The molecule has 6 aromatic carbocycles. The molecule has 8 rings (SSSR count). The van der Waals surface area contributed by atoms with E-state index in [4.69, 9.17) is 19.4 Å². The van der Waals surface area contributed by atoms with Gasteiger partial charge in [0.1, 0.15) is 11.2 Å². The normalized spacial score (nSPS) is 11.3. The van der Waals surface area contributed by atoms with Gasteiger partial charge in [0, 0.05) is 27.5 Å². The summed E-state index contributed by atoms with van der Waals surface area (Å²) in [6, 6.07) is 51.6. The highest BCUT2D eigenvalue weighted by atomic mass is 16.3. The van der Waals surface area contributed by atoms with Gasteiger partial charge >= 0.3 is 0 Å². The Morgan fingerprint density at radius 3 is 1.44 bits per heavy atom. The minimum atomic E-state index is 0.613. The van der Waals surface area contributed by atoms with Crippen LogP contribution in [0.4, 0.5) is 0 Å². The van der Waals surface area contributed by atoms with Gasteiger partial charge in [0.05, 0.1) is 0 Å². The Hall–Kier alpha value is -5.87. The van der Waals surface area contributed by atoms with Gasteiger partial charge in [0.25, 0.3) is 0 Å². The summed E-state index contributed by atoms with van der Waals surface area (Å²) >= 11 is 0. The third kappa shape index (κ3) is 4.65. The van der Waals surface area contributed by atoms with E-state index in [1.165, 1.54) is 11.1 Å². The molecule has 0 unspecified atom stereocenters. The highest BCUT2D eigenvalue weighted by Crippen LogP contribution is 2.38. The molecule has 0 amide bonds. The molecule has 0 radical (unpaired) electrons. The van der Waals surface area contributed by atoms with Gasteiger partial charge in [-0.3, -0.25) is 0 Å². The number of hydrogen-bond donors (Lipinski definition) is 0. The first-order valence-electron chi connectivity index (χ1n) is 14.3. The van der Waals surface area contributed by atoms with Crippen LogP contribution < -0.4 is 0 Å². The number of furan rings is 1. The van der Waals surface area contributed by atoms with Crippen molar-refractivity contribution in [2.45, 2.75) is 0 Å². The van der Waals surface area contributed by atoms with Crippen LogP contribution in [0.1, 0.15) is 0 Å². The lowest BCUT2D eigenvalue weighted by molar-refractivity contribution is 0.669. The van der Waals surface area contributed by atoms with Gasteiger partial charge in [-0.15, -0.1) is 0 Å². The van der Waals surface area contributed by atoms with Gasteiger partial charge < -0.3 is 4.42 Å². The molecule has 0 aliphatic rings. The molecular weight excluding hydrogens is 526 g/mol. The molecule has 0 aliphatic heterocycles. The van der Waals surface area contributed by atoms with Crippen LogP contribution in [-0.4, -0.2) is 15.0 Å².